The first-order valence-electron chi connectivity index (χ1n) is 4.12. The van der Waals surface area contributed by atoms with Crippen molar-refractivity contribution in [2.45, 2.75) is 37.9 Å². The van der Waals surface area contributed by atoms with Crippen LogP contribution < -0.4 is 5.73 Å². The molecule has 0 amide bonds. The molecule has 0 saturated heterocycles. The van der Waals surface area contributed by atoms with Gasteiger partial charge < -0.3 is 10.8 Å². The monoisotopic (exact) mass is 207 g/mol. The Morgan fingerprint density at radius 2 is 2.00 bits per heavy atom. The van der Waals surface area contributed by atoms with Crippen molar-refractivity contribution in [1.82, 2.24) is 0 Å². The van der Waals surface area contributed by atoms with Crippen molar-refractivity contribution < 1.29 is 19.0 Å². The normalized spacial score (nSPS) is 14.9. The number of nitrogens with two attached hydrogens (primary N) is 1. The molecule has 1 unspecified atom stereocenters. The summed E-state index contributed by atoms with van der Waals surface area (Å²) >= 11 is 0. The van der Waals surface area contributed by atoms with Gasteiger partial charge in [0.25, 0.3) is 0 Å². The molecule has 0 bridgehead atoms. The van der Waals surface area contributed by atoms with Crippen LogP contribution in [0.1, 0.15) is 32.6 Å². The summed E-state index contributed by atoms with van der Waals surface area (Å²) in [7, 11) is -3.12. The second-order valence-electron chi connectivity index (χ2n) is 2.94. The molecule has 0 fully saturated rings. The van der Waals surface area contributed by atoms with Crippen LogP contribution >= 0.6 is 7.68 Å². The van der Waals surface area contributed by atoms with Crippen molar-refractivity contribution in [3.05, 3.63) is 0 Å². The fraction of sp³-hybridized carbons (Fsp3) is 0.857. The molecule has 3 N–H and O–H groups in total. The van der Waals surface area contributed by atoms with E-state index in [2.05, 4.69) is 0 Å². The number of carbonyl (C=O) groups is 1. The molecular weight excluding hydrogens is 193 g/mol. The van der Waals surface area contributed by atoms with Gasteiger partial charge in [-0.3, -0.25) is 0 Å². The Balaban J connectivity index is 4.35. The van der Waals surface area contributed by atoms with Crippen LogP contribution in [0.3, 0.4) is 0 Å². The quantitative estimate of drug-likeness (QED) is 0.507. The minimum Gasteiger partial charge on any atom is -0.479 e. The SMILES string of the molecule is CCCCCC(N)(C(=O)O)P(=O)=O. The Labute approximate surface area is 77.1 Å². The van der Waals surface area contributed by atoms with Gasteiger partial charge in [0.05, 0.1) is 0 Å². The molecule has 0 spiro atoms. The Hall–Kier alpha value is -0.670. The molecule has 13 heavy (non-hydrogen) atoms. The topological polar surface area (TPSA) is 97.5 Å². The van der Waals surface area contributed by atoms with Crippen LogP contribution in [0.4, 0.5) is 0 Å². The molecule has 0 heterocycles. The lowest BCUT2D eigenvalue weighted by atomic mass is 10.1. The van der Waals surface area contributed by atoms with Gasteiger partial charge >= 0.3 is 13.6 Å². The van der Waals surface area contributed by atoms with Crippen molar-refractivity contribution in [3.8, 4) is 0 Å². The van der Waals surface area contributed by atoms with Crippen LogP contribution in [-0.2, 0) is 13.9 Å². The fourth-order valence-corrected chi connectivity index (χ4v) is 1.42. The van der Waals surface area contributed by atoms with Gasteiger partial charge in [0, 0.05) is 0 Å². The van der Waals surface area contributed by atoms with Gasteiger partial charge in [-0.15, -0.1) is 0 Å². The smallest absolute Gasteiger partial charge is 0.347 e. The lowest BCUT2D eigenvalue weighted by Gasteiger charge is -2.14. The minimum absolute atomic E-state index is 0.0190. The molecule has 0 aliphatic carbocycles. The third-order valence-corrected chi connectivity index (χ3v) is 2.92. The first kappa shape index (κ1) is 12.3. The van der Waals surface area contributed by atoms with Crippen LogP contribution in [0.15, 0.2) is 0 Å². The zero-order valence-electron chi connectivity index (χ0n) is 7.52. The molecule has 6 heteroatoms. The number of carboxylic acid groups (broad SMARTS) is 1. The average Bonchev–Trinajstić information content (AvgIpc) is 2.03. The van der Waals surface area contributed by atoms with E-state index in [1.807, 2.05) is 6.92 Å². The third kappa shape index (κ3) is 3.28. The summed E-state index contributed by atoms with van der Waals surface area (Å²) in [6.07, 6.45) is 2.18. The molecular formula is C7H14NO4P. The highest BCUT2D eigenvalue weighted by Crippen LogP contribution is 2.29. The fourth-order valence-electron chi connectivity index (χ4n) is 0.921. The van der Waals surface area contributed by atoms with Crippen LogP contribution in [0, 0.1) is 0 Å². The first-order chi connectivity index (χ1) is 5.95. The zero-order valence-corrected chi connectivity index (χ0v) is 8.42. The molecule has 0 radical (unpaired) electrons. The second-order valence-corrected chi connectivity index (χ2v) is 4.26. The number of hydrogen-bond donors (Lipinski definition) is 2. The molecule has 0 aliphatic rings. The van der Waals surface area contributed by atoms with Crippen molar-refractivity contribution in [1.29, 1.82) is 0 Å². The van der Waals surface area contributed by atoms with E-state index in [1.54, 1.807) is 0 Å². The van der Waals surface area contributed by atoms with E-state index in [-0.39, 0.29) is 6.42 Å². The summed E-state index contributed by atoms with van der Waals surface area (Å²) in [6, 6.07) is 0. The Morgan fingerprint density at radius 3 is 2.31 bits per heavy atom. The Bertz CT molecular complexity index is 243. The molecule has 0 aromatic carbocycles. The van der Waals surface area contributed by atoms with Gasteiger partial charge in [0.2, 0.25) is 5.28 Å². The number of carboxylic acids is 1. The van der Waals surface area contributed by atoms with E-state index in [9.17, 15) is 13.9 Å². The number of rotatable bonds is 6. The van der Waals surface area contributed by atoms with Gasteiger partial charge in [0.1, 0.15) is 0 Å². The van der Waals surface area contributed by atoms with E-state index in [0.29, 0.717) is 6.42 Å². The molecule has 1 atom stereocenters. The Morgan fingerprint density at radius 1 is 1.46 bits per heavy atom. The van der Waals surface area contributed by atoms with E-state index < -0.39 is 18.9 Å². The average molecular weight is 207 g/mol. The number of hydrogen-bond acceptors (Lipinski definition) is 4. The van der Waals surface area contributed by atoms with Gasteiger partial charge in [0.15, 0.2) is 0 Å². The van der Waals surface area contributed by atoms with E-state index >= 15 is 0 Å². The molecule has 0 rings (SSSR count). The molecule has 0 aliphatic heterocycles. The van der Waals surface area contributed by atoms with Crippen LogP contribution in [-0.4, -0.2) is 16.4 Å². The van der Waals surface area contributed by atoms with Crippen LogP contribution in [0.25, 0.3) is 0 Å². The van der Waals surface area contributed by atoms with Crippen molar-refractivity contribution >= 4 is 13.6 Å². The highest BCUT2D eigenvalue weighted by atomic mass is 31.1. The van der Waals surface area contributed by atoms with Gasteiger partial charge in [-0.05, 0) is 6.42 Å². The van der Waals surface area contributed by atoms with Crippen molar-refractivity contribution in [2.75, 3.05) is 0 Å². The Kier molecular flexibility index (Phi) is 4.88. The maximum absolute atomic E-state index is 10.6. The predicted octanol–water partition coefficient (Wildman–Crippen LogP) is 1.48. The van der Waals surface area contributed by atoms with Crippen LogP contribution in [0.2, 0.25) is 0 Å². The maximum atomic E-state index is 10.6. The van der Waals surface area contributed by atoms with E-state index in [4.69, 9.17) is 10.8 Å². The number of unbranched alkanes of at least 4 members (excludes halogenated alkanes) is 2. The van der Waals surface area contributed by atoms with Gasteiger partial charge in [-0.2, -0.15) is 0 Å². The van der Waals surface area contributed by atoms with Gasteiger partial charge in [-0.1, -0.05) is 26.2 Å². The highest BCUT2D eigenvalue weighted by molar-refractivity contribution is 7.34. The summed E-state index contributed by atoms with van der Waals surface area (Å²) in [5, 5.41) is 6.51. The van der Waals surface area contributed by atoms with Gasteiger partial charge in [-0.25, -0.2) is 13.9 Å². The lowest BCUT2D eigenvalue weighted by molar-refractivity contribution is -0.140. The van der Waals surface area contributed by atoms with E-state index in [1.165, 1.54) is 0 Å². The summed E-state index contributed by atoms with van der Waals surface area (Å²) in [5.74, 6) is -1.47. The maximum Gasteiger partial charge on any atom is 0.347 e. The molecule has 5 nitrogen and oxygen atoms in total. The summed E-state index contributed by atoms with van der Waals surface area (Å²) in [4.78, 5) is 10.5. The largest absolute Gasteiger partial charge is 0.479 e. The molecule has 0 saturated carbocycles. The molecule has 0 aromatic heterocycles. The molecule has 76 valence electrons. The van der Waals surface area contributed by atoms with Crippen molar-refractivity contribution in [3.63, 3.8) is 0 Å². The van der Waals surface area contributed by atoms with E-state index in [0.717, 1.165) is 12.8 Å². The second kappa shape index (κ2) is 5.14. The standard InChI is InChI=1S/C7H14NO4P/c1-2-3-4-5-7(8,6(9)10)13(11)12/h2-5,8H2,1H3,(H,9,10). The third-order valence-electron chi connectivity index (χ3n) is 1.86. The lowest BCUT2D eigenvalue weighted by Crippen LogP contribution is -2.43. The predicted molar refractivity (Wildman–Crippen MR) is 47.0 cm³/mol. The first-order valence-corrected chi connectivity index (χ1v) is 5.29. The highest BCUT2D eigenvalue weighted by Gasteiger charge is 2.39. The molecule has 0 aromatic rings. The summed E-state index contributed by atoms with van der Waals surface area (Å²) < 4.78 is 21.2. The zero-order chi connectivity index (χ0) is 10.5. The minimum atomic E-state index is -3.12. The summed E-state index contributed by atoms with van der Waals surface area (Å²) in [6.45, 7) is 1.94. The van der Waals surface area contributed by atoms with Crippen molar-refractivity contribution in [2.24, 2.45) is 5.73 Å². The number of aliphatic carboxylic acids is 1. The summed E-state index contributed by atoms with van der Waals surface area (Å²) in [5.41, 5.74) is 5.23. The van der Waals surface area contributed by atoms with Crippen LogP contribution in [0.5, 0.6) is 0 Å².